The zero-order valence-electron chi connectivity index (χ0n) is 27.4. The maximum absolute atomic E-state index is 11.9. The molecule has 0 spiro atoms. The van der Waals surface area contributed by atoms with Crippen molar-refractivity contribution in [3.05, 3.63) is 65.2 Å². The first-order chi connectivity index (χ1) is 23.2. The van der Waals surface area contributed by atoms with Gasteiger partial charge in [0.25, 0.3) is 0 Å². The summed E-state index contributed by atoms with van der Waals surface area (Å²) in [5.41, 5.74) is 13.8. The number of hydrogen-bond acceptors (Lipinski definition) is 15. The number of aliphatic carboxylic acids is 1. The standard InChI is InChI=1S/C18H19NO4.C14H25N3O9/c1-13-8-4-7-11-16(13)23-12-14-9-5-6-10-15(14)17(19-22-3)18(20)21-2;1-3-5(17-12(16)13(23)24)2-4(15)14(25-3)26-11-9(21)7(19)6(18)8(20)10(11)22/h4-11H,12H2,1-3H3;3-11,14,18-22H,2,15H2,1H3,(H2,16,17)(H,23,24)/b19-17+;/t;3-,4+,5+,6?,7+,8+,9-,10+,11?,14-/m.1/s1. The van der Waals surface area contributed by atoms with E-state index < -0.39 is 78.9 Å². The van der Waals surface area contributed by atoms with Crippen molar-refractivity contribution < 1.29 is 64.0 Å². The molecule has 0 bridgehead atoms. The summed E-state index contributed by atoms with van der Waals surface area (Å²) in [6.45, 7) is 3.88. The van der Waals surface area contributed by atoms with Gasteiger partial charge in [-0.25, -0.2) is 9.59 Å². The molecule has 49 heavy (non-hydrogen) atoms. The molecule has 1 saturated carbocycles. The van der Waals surface area contributed by atoms with Gasteiger partial charge in [-0.1, -0.05) is 47.6 Å². The Bertz CT molecular complexity index is 1460. The number of carboxylic acid groups (broad SMARTS) is 1. The molecule has 0 radical (unpaired) electrons. The van der Waals surface area contributed by atoms with E-state index in [1.165, 1.54) is 14.2 Å². The highest BCUT2D eigenvalue weighted by Crippen LogP contribution is 2.29. The number of ether oxygens (including phenoxy) is 4. The van der Waals surface area contributed by atoms with Crippen LogP contribution in [0.5, 0.6) is 5.75 Å². The van der Waals surface area contributed by atoms with Crippen molar-refractivity contribution in [3.8, 4) is 5.75 Å². The third kappa shape index (κ3) is 9.93. The molecule has 1 aliphatic carbocycles. The minimum absolute atomic E-state index is 0.110. The Morgan fingerprint density at radius 2 is 1.53 bits per heavy atom. The summed E-state index contributed by atoms with van der Waals surface area (Å²) < 4.78 is 21.6. The Hall–Kier alpha value is -4.20. The zero-order valence-corrected chi connectivity index (χ0v) is 27.4. The normalized spacial score (nSPS) is 30.4. The fourth-order valence-corrected chi connectivity index (χ4v) is 5.16. The summed E-state index contributed by atoms with van der Waals surface area (Å²) in [5, 5.41) is 61.6. The molecule has 10 N–H and O–H groups in total. The van der Waals surface area contributed by atoms with Crippen molar-refractivity contribution in [2.24, 2.45) is 21.6 Å². The number of aliphatic hydroxyl groups is 5. The lowest BCUT2D eigenvalue weighted by molar-refractivity contribution is -0.293. The molecule has 17 nitrogen and oxygen atoms in total. The summed E-state index contributed by atoms with van der Waals surface area (Å²) >= 11 is 0. The minimum Gasteiger partial charge on any atom is -0.489 e. The molecular weight excluding hydrogens is 648 g/mol. The number of para-hydroxylation sites is 1. The van der Waals surface area contributed by atoms with Crippen LogP contribution in [0.15, 0.2) is 58.7 Å². The number of carboxylic acids is 1. The van der Waals surface area contributed by atoms with E-state index in [1.807, 2.05) is 49.4 Å². The SMILES string of the molecule is CO/N=C(/C(=O)OC)c1ccccc1COc1ccccc1C.C[C@H]1O[C@H](OC2[C@@H](O)[C@@H](O)C(O)[C@H](O)[C@H]2O)[C@@H](N)C[C@@H]1N=C(N)C(=O)O. The van der Waals surface area contributed by atoms with Crippen LogP contribution in [0.2, 0.25) is 0 Å². The van der Waals surface area contributed by atoms with E-state index >= 15 is 0 Å². The Morgan fingerprint density at radius 3 is 2.12 bits per heavy atom. The Morgan fingerprint density at radius 1 is 0.939 bits per heavy atom. The minimum atomic E-state index is -1.74. The van der Waals surface area contributed by atoms with E-state index in [-0.39, 0.29) is 12.1 Å². The number of esters is 1. The molecule has 1 saturated heterocycles. The van der Waals surface area contributed by atoms with Crippen LogP contribution < -0.4 is 16.2 Å². The number of aryl methyl sites for hydroxylation is 1. The fraction of sp³-hybridized carbons (Fsp3) is 0.500. The second-order valence-corrected chi connectivity index (χ2v) is 11.4. The number of nitrogens with two attached hydrogens (primary N) is 2. The number of oxime groups is 1. The van der Waals surface area contributed by atoms with Gasteiger partial charge >= 0.3 is 11.9 Å². The van der Waals surface area contributed by atoms with E-state index in [2.05, 4.69) is 10.1 Å². The van der Waals surface area contributed by atoms with E-state index in [0.29, 0.717) is 12.2 Å². The number of hydrogen-bond donors (Lipinski definition) is 8. The van der Waals surface area contributed by atoms with E-state index in [4.69, 9.17) is 40.4 Å². The van der Waals surface area contributed by atoms with Gasteiger partial charge in [0.05, 0.1) is 25.3 Å². The molecule has 2 aromatic rings. The Kier molecular flexibility index (Phi) is 14.4. The van der Waals surface area contributed by atoms with Crippen LogP contribution in [0.4, 0.5) is 0 Å². The van der Waals surface area contributed by atoms with Gasteiger partial charge < -0.3 is 65.9 Å². The van der Waals surface area contributed by atoms with E-state index in [9.17, 15) is 35.1 Å². The quantitative estimate of drug-likeness (QED) is 0.0647. The van der Waals surface area contributed by atoms with Gasteiger partial charge in [0.2, 0.25) is 5.84 Å². The van der Waals surface area contributed by atoms with Gasteiger partial charge in [0.1, 0.15) is 56.1 Å². The summed E-state index contributed by atoms with van der Waals surface area (Å²) in [4.78, 5) is 31.3. The van der Waals surface area contributed by atoms with Gasteiger partial charge in [0.15, 0.2) is 12.0 Å². The highest BCUT2D eigenvalue weighted by atomic mass is 16.7. The number of aliphatic imine (C=N–C) groups is 1. The number of nitrogens with zero attached hydrogens (tertiary/aromatic N) is 2. The average Bonchev–Trinajstić information content (AvgIpc) is 3.09. The lowest BCUT2D eigenvalue weighted by Gasteiger charge is -2.45. The molecule has 2 aliphatic rings. The van der Waals surface area contributed by atoms with Crippen molar-refractivity contribution in [2.75, 3.05) is 14.2 Å². The highest BCUT2D eigenvalue weighted by molar-refractivity contribution is 6.43. The van der Waals surface area contributed by atoms with Crippen LogP contribution in [-0.4, -0.2) is 129 Å². The van der Waals surface area contributed by atoms with E-state index in [0.717, 1.165) is 16.9 Å². The Balaban J connectivity index is 0.000000267. The van der Waals surface area contributed by atoms with E-state index in [1.54, 1.807) is 13.0 Å². The maximum Gasteiger partial charge on any atom is 0.370 e. The molecule has 1 aliphatic heterocycles. The zero-order chi connectivity index (χ0) is 36.4. The van der Waals surface area contributed by atoms with Crippen molar-refractivity contribution in [1.29, 1.82) is 0 Å². The third-order valence-corrected chi connectivity index (χ3v) is 7.95. The van der Waals surface area contributed by atoms with Crippen molar-refractivity contribution in [1.82, 2.24) is 0 Å². The molecule has 0 amide bonds. The number of aliphatic hydroxyl groups excluding tert-OH is 5. The molecule has 2 aromatic carbocycles. The van der Waals surface area contributed by atoms with Crippen molar-refractivity contribution in [2.45, 2.75) is 88.0 Å². The van der Waals surface area contributed by atoms with Gasteiger partial charge in [-0.2, -0.15) is 0 Å². The van der Waals surface area contributed by atoms with Crippen LogP contribution in [0.3, 0.4) is 0 Å². The molecule has 1 heterocycles. The van der Waals surface area contributed by atoms with Crippen LogP contribution in [0.1, 0.15) is 30.0 Å². The smallest absolute Gasteiger partial charge is 0.370 e. The molecule has 270 valence electrons. The molecular formula is C32H44N4O13. The second kappa shape index (κ2) is 18.0. The molecule has 0 aromatic heterocycles. The number of amidine groups is 1. The van der Waals surface area contributed by atoms with Crippen LogP contribution in [0, 0.1) is 6.92 Å². The number of carbonyl (C=O) groups excluding carboxylic acids is 1. The topological polar surface area (TPSA) is 278 Å². The molecule has 4 rings (SSSR count). The first-order valence-electron chi connectivity index (χ1n) is 15.2. The van der Waals surface area contributed by atoms with Gasteiger partial charge in [0, 0.05) is 5.56 Å². The van der Waals surface area contributed by atoms with Gasteiger partial charge in [-0.05, 0) is 37.5 Å². The summed E-state index contributed by atoms with van der Waals surface area (Å²) in [5.74, 6) is -1.73. The fourth-order valence-electron chi connectivity index (χ4n) is 5.16. The van der Waals surface area contributed by atoms with Crippen LogP contribution >= 0.6 is 0 Å². The van der Waals surface area contributed by atoms with Crippen molar-refractivity contribution >= 4 is 23.5 Å². The summed E-state index contributed by atoms with van der Waals surface area (Å²) in [7, 11) is 2.69. The van der Waals surface area contributed by atoms with Crippen molar-refractivity contribution in [3.63, 3.8) is 0 Å². The first-order valence-corrected chi connectivity index (χ1v) is 15.2. The second-order valence-electron chi connectivity index (χ2n) is 11.4. The average molecular weight is 693 g/mol. The predicted octanol–water partition coefficient (Wildman–Crippen LogP) is -1.44. The van der Waals surface area contributed by atoms with Crippen LogP contribution in [-0.2, 0) is 35.2 Å². The predicted molar refractivity (Wildman–Crippen MR) is 172 cm³/mol. The Labute approximate surface area is 282 Å². The number of rotatable bonds is 9. The van der Waals surface area contributed by atoms with Crippen LogP contribution in [0.25, 0.3) is 0 Å². The summed E-state index contributed by atoms with van der Waals surface area (Å²) in [6, 6.07) is 13.7. The first kappa shape index (κ1) is 39.2. The highest BCUT2D eigenvalue weighted by Gasteiger charge is 2.51. The molecule has 2 unspecified atom stereocenters. The lowest BCUT2D eigenvalue weighted by atomic mass is 9.84. The number of benzene rings is 2. The molecule has 17 heteroatoms. The largest absolute Gasteiger partial charge is 0.489 e. The summed E-state index contributed by atoms with van der Waals surface area (Å²) in [6.07, 6.45) is -11.7. The lowest BCUT2D eigenvalue weighted by Crippen LogP contribution is -2.66. The maximum atomic E-state index is 11.9. The number of carbonyl (C=O) groups is 2. The molecule has 2 fully saturated rings. The molecule has 10 atom stereocenters. The van der Waals surface area contributed by atoms with Gasteiger partial charge in [-0.3, -0.25) is 4.99 Å². The third-order valence-electron chi connectivity index (χ3n) is 7.95. The number of methoxy groups -OCH3 is 1. The monoisotopic (exact) mass is 692 g/mol. The van der Waals surface area contributed by atoms with Gasteiger partial charge in [-0.15, -0.1) is 0 Å².